The highest BCUT2D eigenvalue weighted by atomic mass is 16.5. The maximum Gasteiger partial charge on any atom is 0.123 e. The van der Waals surface area contributed by atoms with Crippen LogP contribution in [0.1, 0.15) is 18.5 Å². The fourth-order valence-corrected chi connectivity index (χ4v) is 1.51. The summed E-state index contributed by atoms with van der Waals surface area (Å²) in [4.78, 5) is 0. The Morgan fingerprint density at radius 1 is 1.27 bits per heavy atom. The molecule has 84 valence electrons. The largest absolute Gasteiger partial charge is 0.496 e. The molecule has 0 radical (unpaired) electrons. The summed E-state index contributed by atoms with van der Waals surface area (Å²) < 4.78 is 10.3. The zero-order chi connectivity index (χ0) is 11.1. The summed E-state index contributed by atoms with van der Waals surface area (Å²) in [6, 6.07) is 8.32. The third-order valence-electron chi connectivity index (χ3n) is 2.36. The van der Waals surface area contributed by atoms with Crippen LogP contribution in [0.3, 0.4) is 0 Å². The van der Waals surface area contributed by atoms with E-state index in [1.54, 1.807) is 14.2 Å². The predicted molar refractivity (Wildman–Crippen MR) is 61.3 cm³/mol. The number of methoxy groups -OCH3 is 2. The van der Waals surface area contributed by atoms with Crippen molar-refractivity contribution in [3.8, 4) is 5.75 Å². The van der Waals surface area contributed by atoms with Crippen molar-refractivity contribution in [2.24, 2.45) is 0 Å². The first-order valence-corrected chi connectivity index (χ1v) is 5.14. The van der Waals surface area contributed by atoms with Crippen molar-refractivity contribution in [3.63, 3.8) is 0 Å². The van der Waals surface area contributed by atoms with Gasteiger partial charge in [0.1, 0.15) is 5.75 Å². The van der Waals surface area contributed by atoms with Crippen molar-refractivity contribution < 1.29 is 9.47 Å². The van der Waals surface area contributed by atoms with Crippen molar-refractivity contribution in [2.45, 2.75) is 13.0 Å². The Labute approximate surface area is 91.4 Å². The number of nitrogens with one attached hydrogen (secondary N) is 1. The maximum absolute atomic E-state index is 5.30. The van der Waals surface area contributed by atoms with Gasteiger partial charge in [-0.3, -0.25) is 0 Å². The molecule has 0 aromatic heterocycles. The van der Waals surface area contributed by atoms with Crippen LogP contribution in [0.2, 0.25) is 0 Å². The number of benzene rings is 1. The van der Waals surface area contributed by atoms with Crippen molar-refractivity contribution in [2.75, 3.05) is 27.4 Å². The lowest BCUT2D eigenvalue weighted by molar-refractivity contribution is 0.196. The average molecular weight is 209 g/mol. The first-order chi connectivity index (χ1) is 7.29. The van der Waals surface area contributed by atoms with Gasteiger partial charge in [0.2, 0.25) is 0 Å². The zero-order valence-corrected chi connectivity index (χ0v) is 9.62. The summed E-state index contributed by atoms with van der Waals surface area (Å²) in [5.41, 5.74) is 1.18. The molecule has 0 aliphatic rings. The van der Waals surface area contributed by atoms with Gasteiger partial charge in [0, 0.05) is 25.3 Å². The topological polar surface area (TPSA) is 30.5 Å². The fraction of sp³-hybridized carbons (Fsp3) is 0.500. The van der Waals surface area contributed by atoms with E-state index < -0.39 is 0 Å². The van der Waals surface area contributed by atoms with E-state index in [-0.39, 0.29) is 6.04 Å². The quantitative estimate of drug-likeness (QED) is 0.727. The van der Waals surface area contributed by atoms with E-state index in [1.165, 1.54) is 5.56 Å². The van der Waals surface area contributed by atoms with Crippen LogP contribution in [0, 0.1) is 0 Å². The third kappa shape index (κ3) is 3.53. The van der Waals surface area contributed by atoms with E-state index in [4.69, 9.17) is 9.47 Å². The van der Waals surface area contributed by atoms with Crippen LogP contribution in [0.25, 0.3) is 0 Å². The number of ether oxygens (including phenoxy) is 2. The smallest absolute Gasteiger partial charge is 0.123 e. The molecule has 0 unspecified atom stereocenters. The molecule has 1 aromatic carbocycles. The Hall–Kier alpha value is -1.06. The third-order valence-corrected chi connectivity index (χ3v) is 2.36. The van der Waals surface area contributed by atoms with E-state index in [2.05, 4.69) is 18.3 Å². The molecule has 0 spiro atoms. The van der Waals surface area contributed by atoms with E-state index >= 15 is 0 Å². The Balaban J connectivity index is 2.59. The molecule has 0 aliphatic heterocycles. The normalized spacial score (nSPS) is 12.5. The van der Waals surface area contributed by atoms with E-state index in [0.717, 1.165) is 18.9 Å². The predicted octanol–water partition coefficient (Wildman–Crippen LogP) is 1.99. The van der Waals surface area contributed by atoms with Gasteiger partial charge in [0.25, 0.3) is 0 Å². The molecule has 15 heavy (non-hydrogen) atoms. The minimum atomic E-state index is 0.274. The minimum absolute atomic E-state index is 0.274. The molecule has 0 amide bonds. The van der Waals surface area contributed by atoms with Crippen molar-refractivity contribution >= 4 is 0 Å². The molecule has 0 aliphatic carbocycles. The van der Waals surface area contributed by atoms with Gasteiger partial charge < -0.3 is 14.8 Å². The van der Waals surface area contributed by atoms with E-state index in [0.29, 0.717) is 0 Å². The lowest BCUT2D eigenvalue weighted by Crippen LogP contribution is -2.23. The van der Waals surface area contributed by atoms with Crippen LogP contribution in [0.5, 0.6) is 5.75 Å². The van der Waals surface area contributed by atoms with Gasteiger partial charge in [0.05, 0.1) is 13.7 Å². The Morgan fingerprint density at radius 2 is 2.00 bits per heavy atom. The molecule has 0 saturated carbocycles. The fourth-order valence-electron chi connectivity index (χ4n) is 1.51. The molecule has 0 bridgehead atoms. The molecule has 1 atom stereocenters. The van der Waals surface area contributed by atoms with Crippen molar-refractivity contribution in [1.29, 1.82) is 0 Å². The summed E-state index contributed by atoms with van der Waals surface area (Å²) in [6.07, 6.45) is 0. The Morgan fingerprint density at radius 3 is 2.67 bits per heavy atom. The number of hydrogen-bond acceptors (Lipinski definition) is 3. The monoisotopic (exact) mass is 209 g/mol. The lowest BCUT2D eigenvalue weighted by Gasteiger charge is -2.16. The van der Waals surface area contributed by atoms with Crippen LogP contribution in [0.4, 0.5) is 0 Å². The van der Waals surface area contributed by atoms with Crippen LogP contribution < -0.4 is 10.1 Å². The van der Waals surface area contributed by atoms with Crippen molar-refractivity contribution in [3.05, 3.63) is 29.8 Å². The molecule has 0 saturated heterocycles. The van der Waals surface area contributed by atoms with Gasteiger partial charge in [-0.25, -0.2) is 0 Å². The van der Waals surface area contributed by atoms with Gasteiger partial charge in [-0.05, 0) is 13.0 Å². The van der Waals surface area contributed by atoms with Gasteiger partial charge in [-0.1, -0.05) is 18.2 Å². The van der Waals surface area contributed by atoms with Gasteiger partial charge in [-0.2, -0.15) is 0 Å². The average Bonchev–Trinajstić information content (AvgIpc) is 2.29. The second-order valence-electron chi connectivity index (χ2n) is 3.41. The van der Waals surface area contributed by atoms with E-state index in [1.807, 2.05) is 18.2 Å². The van der Waals surface area contributed by atoms with Gasteiger partial charge in [0.15, 0.2) is 0 Å². The molecule has 1 N–H and O–H groups in total. The van der Waals surface area contributed by atoms with Gasteiger partial charge in [-0.15, -0.1) is 0 Å². The summed E-state index contributed by atoms with van der Waals surface area (Å²) in [5, 5.41) is 3.37. The number of hydrogen-bond donors (Lipinski definition) is 1. The molecule has 0 heterocycles. The van der Waals surface area contributed by atoms with Crippen LogP contribution >= 0.6 is 0 Å². The lowest BCUT2D eigenvalue weighted by atomic mass is 10.1. The first kappa shape index (κ1) is 12.0. The SMILES string of the molecule is COCCN[C@@H](C)c1ccccc1OC. The van der Waals surface area contributed by atoms with Crippen LogP contribution in [-0.4, -0.2) is 27.4 Å². The first-order valence-electron chi connectivity index (χ1n) is 5.14. The number of rotatable bonds is 6. The molecular weight excluding hydrogens is 190 g/mol. The minimum Gasteiger partial charge on any atom is -0.496 e. The van der Waals surface area contributed by atoms with Crippen LogP contribution in [0.15, 0.2) is 24.3 Å². The highest BCUT2D eigenvalue weighted by Crippen LogP contribution is 2.23. The van der Waals surface area contributed by atoms with Crippen molar-refractivity contribution in [1.82, 2.24) is 5.32 Å². The Bertz CT molecular complexity index is 289. The molecule has 3 heteroatoms. The summed E-state index contributed by atoms with van der Waals surface area (Å²) in [5.74, 6) is 0.926. The number of para-hydroxylation sites is 1. The summed E-state index contributed by atoms with van der Waals surface area (Å²) >= 11 is 0. The van der Waals surface area contributed by atoms with Crippen LogP contribution in [-0.2, 0) is 4.74 Å². The molecule has 1 aromatic rings. The highest BCUT2D eigenvalue weighted by Gasteiger charge is 2.09. The molecule has 1 rings (SSSR count). The molecular formula is C12H19NO2. The Kier molecular flexibility index (Phi) is 5.15. The second kappa shape index (κ2) is 6.43. The zero-order valence-electron chi connectivity index (χ0n) is 9.62. The summed E-state index contributed by atoms with van der Waals surface area (Å²) in [6.45, 7) is 3.68. The maximum atomic E-state index is 5.30. The summed E-state index contributed by atoms with van der Waals surface area (Å²) in [7, 11) is 3.40. The van der Waals surface area contributed by atoms with Gasteiger partial charge >= 0.3 is 0 Å². The van der Waals surface area contributed by atoms with E-state index in [9.17, 15) is 0 Å². The highest BCUT2D eigenvalue weighted by molar-refractivity contribution is 5.35. The molecule has 3 nitrogen and oxygen atoms in total. The standard InChI is InChI=1S/C12H19NO2/c1-10(13-8-9-14-2)11-6-4-5-7-12(11)15-3/h4-7,10,13H,8-9H2,1-3H3/t10-/m0/s1. The second-order valence-corrected chi connectivity index (χ2v) is 3.41. The molecule has 0 fully saturated rings.